The molecular formula is C21H26N2O3. The molecule has 2 aromatic rings. The number of carbonyl (C=O) groups is 1. The van der Waals surface area contributed by atoms with E-state index in [1.165, 1.54) is 5.56 Å². The SMILES string of the molecule is COc1ccc(CC(=O)NC[C@H]2CN(Cc3ccccc3)CCO2)cc1. The Hall–Kier alpha value is -2.37. The number of nitrogens with one attached hydrogen (secondary N) is 1. The predicted octanol–water partition coefficient (Wildman–Crippen LogP) is 2.25. The first-order chi connectivity index (χ1) is 12.7. The van der Waals surface area contributed by atoms with E-state index in [-0.39, 0.29) is 12.0 Å². The van der Waals surface area contributed by atoms with Crippen molar-refractivity contribution in [1.82, 2.24) is 10.2 Å². The van der Waals surface area contributed by atoms with E-state index < -0.39 is 0 Å². The zero-order valence-corrected chi connectivity index (χ0v) is 15.2. The van der Waals surface area contributed by atoms with Gasteiger partial charge in [0.15, 0.2) is 0 Å². The molecule has 2 aromatic carbocycles. The maximum absolute atomic E-state index is 12.2. The molecule has 0 saturated carbocycles. The number of nitrogens with zero attached hydrogens (tertiary/aromatic N) is 1. The standard InChI is InChI=1S/C21H26N2O3/c1-25-19-9-7-17(8-10-19)13-21(24)22-14-20-16-23(11-12-26-20)15-18-5-3-2-4-6-18/h2-10,20H,11-16H2,1H3,(H,22,24)/t20-/m0/s1. The highest BCUT2D eigenvalue weighted by atomic mass is 16.5. The van der Waals surface area contributed by atoms with Gasteiger partial charge >= 0.3 is 0 Å². The largest absolute Gasteiger partial charge is 0.497 e. The number of rotatable bonds is 7. The number of morpholine rings is 1. The van der Waals surface area contributed by atoms with Crippen LogP contribution in [0, 0.1) is 0 Å². The van der Waals surface area contributed by atoms with Crippen LogP contribution in [0.25, 0.3) is 0 Å². The van der Waals surface area contributed by atoms with Crippen LogP contribution < -0.4 is 10.1 Å². The van der Waals surface area contributed by atoms with Crippen molar-refractivity contribution >= 4 is 5.91 Å². The zero-order chi connectivity index (χ0) is 18.2. The lowest BCUT2D eigenvalue weighted by Gasteiger charge is -2.33. The molecule has 1 atom stereocenters. The summed E-state index contributed by atoms with van der Waals surface area (Å²) in [5, 5.41) is 2.99. The van der Waals surface area contributed by atoms with Gasteiger partial charge in [-0.05, 0) is 23.3 Å². The summed E-state index contributed by atoms with van der Waals surface area (Å²) in [5.74, 6) is 0.808. The Morgan fingerprint density at radius 3 is 2.65 bits per heavy atom. The van der Waals surface area contributed by atoms with Crippen LogP contribution >= 0.6 is 0 Å². The fraction of sp³-hybridized carbons (Fsp3) is 0.381. The second kappa shape index (κ2) is 9.36. The average Bonchev–Trinajstić information content (AvgIpc) is 2.68. The van der Waals surface area contributed by atoms with Crippen molar-refractivity contribution in [3.05, 3.63) is 65.7 Å². The number of hydrogen-bond donors (Lipinski definition) is 1. The molecule has 1 aliphatic heterocycles. The Morgan fingerprint density at radius 1 is 1.15 bits per heavy atom. The lowest BCUT2D eigenvalue weighted by Crippen LogP contribution is -2.47. The molecule has 0 radical (unpaired) electrons. The summed E-state index contributed by atoms with van der Waals surface area (Å²) < 4.78 is 10.9. The lowest BCUT2D eigenvalue weighted by molar-refractivity contribution is -0.121. The lowest BCUT2D eigenvalue weighted by atomic mass is 10.1. The summed E-state index contributed by atoms with van der Waals surface area (Å²) in [6.07, 6.45) is 0.400. The summed E-state index contributed by atoms with van der Waals surface area (Å²) in [7, 11) is 1.63. The van der Waals surface area contributed by atoms with Crippen LogP contribution in [0.3, 0.4) is 0 Å². The maximum Gasteiger partial charge on any atom is 0.224 e. The number of carbonyl (C=O) groups excluding carboxylic acids is 1. The fourth-order valence-corrected chi connectivity index (χ4v) is 3.11. The Bertz CT molecular complexity index is 688. The van der Waals surface area contributed by atoms with Gasteiger partial charge in [0, 0.05) is 26.2 Å². The summed E-state index contributed by atoms with van der Waals surface area (Å²) >= 11 is 0. The number of hydrogen-bond acceptors (Lipinski definition) is 4. The van der Waals surface area contributed by atoms with Crippen LogP contribution in [-0.2, 0) is 22.5 Å². The molecule has 26 heavy (non-hydrogen) atoms. The Morgan fingerprint density at radius 2 is 1.92 bits per heavy atom. The van der Waals surface area contributed by atoms with E-state index in [9.17, 15) is 4.79 Å². The van der Waals surface area contributed by atoms with Crippen molar-refractivity contribution < 1.29 is 14.3 Å². The minimum absolute atomic E-state index is 0.0129. The minimum atomic E-state index is 0.0129. The quantitative estimate of drug-likeness (QED) is 0.829. The van der Waals surface area contributed by atoms with Crippen LogP contribution in [0.1, 0.15) is 11.1 Å². The van der Waals surface area contributed by atoms with Gasteiger partial charge in [-0.25, -0.2) is 0 Å². The van der Waals surface area contributed by atoms with Crippen molar-refractivity contribution in [3.63, 3.8) is 0 Å². The van der Waals surface area contributed by atoms with Crippen molar-refractivity contribution in [2.45, 2.75) is 19.1 Å². The van der Waals surface area contributed by atoms with Crippen LogP contribution in [-0.4, -0.2) is 50.3 Å². The normalized spacial score (nSPS) is 17.7. The van der Waals surface area contributed by atoms with Crippen LogP contribution in [0.5, 0.6) is 5.75 Å². The second-order valence-corrected chi connectivity index (χ2v) is 6.54. The summed E-state index contributed by atoms with van der Waals surface area (Å²) in [5.41, 5.74) is 2.27. The Labute approximate surface area is 154 Å². The monoisotopic (exact) mass is 354 g/mol. The van der Waals surface area contributed by atoms with Gasteiger partial charge in [0.05, 0.1) is 26.2 Å². The molecule has 0 bridgehead atoms. The number of methoxy groups -OCH3 is 1. The molecule has 0 spiro atoms. The maximum atomic E-state index is 12.2. The molecule has 1 N–H and O–H groups in total. The third kappa shape index (κ3) is 5.58. The number of ether oxygens (including phenoxy) is 2. The van der Waals surface area contributed by atoms with Gasteiger partial charge in [-0.1, -0.05) is 42.5 Å². The molecule has 1 amide bonds. The summed E-state index contributed by atoms with van der Waals surface area (Å²) in [6, 6.07) is 18.0. The van der Waals surface area contributed by atoms with Crippen molar-refractivity contribution in [1.29, 1.82) is 0 Å². The predicted molar refractivity (Wildman–Crippen MR) is 101 cm³/mol. The van der Waals surface area contributed by atoms with E-state index in [1.807, 2.05) is 30.3 Å². The molecular weight excluding hydrogens is 328 g/mol. The molecule has 5 nitrogen and oxygen atoms in total. The first kappa shape index (κ1) is 18.4. The molecule has 0 aliphatic carbocycles. The molecule has 1 heterocycles. The van der Waals surface area contributed by atoms with Crippen LogP contribution in [0.4, 0.5) is 0 Å². The smallest absolute Gasteiger partial charge is 0.224 e. The third-order valence-electron chi connectivity index (χ3n) is 4.52. The Kier molecular flexibility index (Phi) is 6.63. The highest BCUT2D eigenvalue weighted by Gasteiger charge is 2.21. The molecule has 0 unspecified atom stereocenters. The van der Waals surface area contributed by atoms with Crippen LogP contribution in [0.2, 0.25) is 0 Å². The average molecular weight is 354 g/mol. The third-order valence-corrected chi connectivity index (χ3v) is 4.52. The topological polar surface area (TPSA) is 50.8 Å². The van der Waals surface area contributed by atoms with Gasteiger partial charge < -0.3 is 14.8 Å². The van der Waals surface area contributed by atoms with Crippen LogP contribution in [0.15, 0.2) is 54.6 Å². The highest BCUT2D eigenvalue weighted by Crippen LogP contribution is 2.12. The first-order valence-electron chi connectivity index (χ1n) is 9.00. The van der Waals surface area contributed by atoms with Gasteiger partial charge in [-0.15, -0.1) is 0 Å². The molecule has 0 aromatic heterocycles. The van der Waals surface area contributed by atoms with E-state index in [0.717, 1.165) is 30.9 Å². The van der Waals surface area contributed by atoms with E-state index in [2.05, 4.69) is 34.5 Å². The Balaban J connectivity index is 1.42. The molecule has 138 valence electrons. The van der Waals surface area contributed by atoms with E-state index >= 15 is 0 Å². The molecule has 1 saturated heterocycles. The number of benzene rings is 2. The molecule has 1 aliphatic rings. The molecule has 5 heteroatoms. The fourth-order valence-electron chi connectivity index (χ4n) is 3.11. The van der Waals surface area contributed by atoms with Gasteiger partial charge in [0.1, 0.15) is 5.75 Å². The zero-order valence-electron chi connectivity index (χ0n) is 15.2. The van der Waals surface area contributed by atoms with Gasteiger partial charge in [0.25, 0.3) is 0 Å². The van der Waals surface area contributed by atoms with Crippen molar-refractivity contribution in [3.8, 4) is 5.75 Å². The first-order valence-corrected chi connectivity index (χ1v) is 9.00. The number of amides is 1. The summed E-state index contributed by atoms with van der Waals surface area (Å²) in [4.78, 5) is 14.5. The van der Waals surface area contributed by atoms with Gasteiger partial charge in [-0.2, -0.15) is 0 Å². The summed E-state index contributed by atoms with van der Waals surface area (Å²) in [6.45, 7) is 3.91. The minimum Gasteiger partial charge on any atom is -0.497 e. The van der Waals surface area contributed by atoms with Gasteiger partial charge in [0.2, 0.25) is 5.91 Å². The van der Waals surface area contributed by atoms with E-state index in [1.54, 1.807) is 7.11 Å². The molecule has 1 fully saturated rings. The molecule has 3 rings (SSSR count). The second-order valence-electron chi connectivity index (χ2n) is 6.54. The highest BCUT2D eigenvalue weighted by molar-refractivity contribution is 5.78. The van der Waals surface area contributed by atoms with Crippen molar-refractivity contribution in [2.24, 2.45) is 0 Å². The van der Waals surface area contributed by atoms with E-state index in [0.29, 0.717) is 19.6 Å². The van der Waals surface area contributed by atoms with E-state index in [4.69, 9.17) is 9.47 Å². The van der Waals surface area contributed by atoms with Crippen molar-refractivity contribution in [2.75, 3.05) is 33.4 Å². The van der Waals surface area contributed by atoms with Gasteiger partial charge in [-0.3, -0.25) is 9.69 Å².